The number of aromatic nitrogens is 3. The molecule has 1 aliphatic rings. The number of aryl methyl sites for hydroxylation is 1. The van der Waals surface area contributed by atoms with E-state index in [1.165, 1.54) is 11.3 Å². The standard InChI is InChI=1S/C25H27N5O3S/c1-18-14-20(19(2)30(18)17-22-4-3-12-33-22)5-6-23(31)28-9-7-27(8-10-28)16-21-15-24(32)29-11-13-34-25(29)26-21/h3-6,11-15H,7-10,16-17H2,1-2H3/b6-5+. The molecule has 4 aromatic rings. The molecule has 0 saturated carbocycles. The zero-order valence-corrected chi connectivity index (χ0v) is 20.1. The Morgan fingerprint density at radius 2 is 2.00 bits per heavy atom. The molecule has 0 radical (unpaired) electrons. The minimum atomic E-state index is -0.0521. The highest BCUT2D eigenvalue weighted by molar-refractivity contribution is 7.15. The van der Waals surface area contributed by atoms with Crippen LogP contribution < -0.4 is 5.56 Å². The van der Waals surface area contributed by atoms with Crippen LogP contribution in [0.1, 0.15) is 28.4 Å². The summed E-state index contributed by atoms with van der Waals surface area (Å²) < 4.78 is 9.23. The summed E-state index contributed by atoms with van der Waals surface area (Å²) >= 11 is 1.46. The first-order valence-corrected chi connectivity index (χ1v) is 12.2. The second-order valence-corrected chi connectivity index (χ2v) is 9.44. The predicted molar refractivity (Wildman–Crippen MR) is 132 cm³/mol. The number of nitrogens with zero attached hydrogens (tertiary/aromatic N) is 5. The molecule has 5 heterocycles. The highest BCUT2D eigenvalue weighted by Gasteiger charge is 2.20. The van der Waals surface area contributed by atoms with E-state index in [1.54, 1.807) is 29.0 Å². The summed E-state index contributed by atoms with van der Waals surface area (Å²) in [6.45, 7) is 8.23. The van der Waals surface area contributed by atoms with Crippen molar-refractivity contribution in [2.24, 2.45) is 0 Å². The van der Waals surface area contributed by atoms with Gasteiger partial charge < -0.3 is 13.9 Å². The van der Waals surface area contributed by atoms with Gasteiger partial charge in [-0.05, 0) is 43.7 Å². The molecule has 0 spiro atoms. The van der Waals surface area contributed by atoms with Crippen molar-refractivity contribution < 1.29 is 9.21 Å². The Kier molecular flexibility index (Phi) is 6.21. The number of hydrogen-bond acceptors (Lipinski definition) is 6. The average molecular weight is 478 g/mol. The Hall–Kier alpha value is -3.43. The highest BCUT2D eigenvalue weighted by atomic mass is 32.1. The van der Waals surface area contributed by atoms with E-state index in [1.807, 2.05) is 28.5 Å². The summed E-state index contributed by atoms with van der Waals surface area (Å²) in [5.41, 5.74) is 4.00. The van der Waals surface area contributed by atoms with Gasteiger partial charge in [-0.3, -0.25) is 18.9 Å². The first-order valence-electron chi connectivity index (χ1n) is 11.3. The van der Waals surface area contributed by atoms with Gasteiger partial charge in [-0.25, -0.2) is 4.98 Å². The van der Waals surface area contributed by atoms with Gasteiger partial charge in [0.15, 0.2) is 4.96 Å². The molecule has 176 valence electrons. The number of piperazine rings is 1. The van der Waals surface area contributed by atoms with Crippen LogP contribution in [0.4, 0.5) is 0 Å². The van der Waals surface area contributed by atoms with Crippen molar-refractivity contribution in [1.29, 1.82) is 0 Å². The zero-order valence-electron chi connectivity index (χ0n) is 19.3. The van der Waals surface area contributed by atoms with Crippen molar-refractivity contribution in [2.75, 3.05) is 26.2 Å². The molecule has 1 aliphatic heterocycles. The average Bonchev–Trinajstić information content (AvgIpc) is 3.56. The maximum atomic E-state index is 12.8. The van der Waals surface area contributed by atoms with Gasteiger partial charge in [0.1, 0.15) is 5.76 Å². The van der Waals surface area contributed by atoms with Crippen LogP contribution in [0.25, 0.3) is 11.0 Å². The molecule has 0 aromatic carbocycles. The third-order valence-corrected chi connectivity index (χ3v) is 7.09. The van der Waals surface area contributed by atoms with Crippen LogP contribution in [0.15, 0.2) is 57.4 Å². The van der Waals surface area contributed by atoms with E-state index in [9.17, 15) is 9.59 Å². The van der Waals surface area contributed by atoms with Crippen molar-refractivity contribution in [2.45, 2.75) is 26.9 Å². The quantitative estimate of drug-likeness (QED) is 0.399. The van der Waals surface area contributed by atoms with Crippen LogP contribution >= 0.6 is 11.3 Å². The Bertz CT molecular complexity index is 1390. The smallest absolute Gasteiger partial charge is 0.258 e. The first kappa shape index (κ1) is 22.4. The number of rotatable bonds is 6. The molecule has 0 atom stereocenters. The van der Waals surface area contributed by atoms with Crippen LogP contribution in [0, 0.1) is 13.8 Å². The lowest BCUT2D eigenvalue weighted by Crippen LogP contribution is -2.48. The maximum Gasteiger partial charge on any atom is 0.258 e. The Morgan fingerprint density at radius 3 is 2.76 bits per heavy atom. The van der Waals surface area contributed by atoms with Crippen molar-refractivity contribution in [3.63, 3.8) is 0 Å². The number of fused-ring (bicyclic) bond motifs is 1. The molecule has 4 aromatic heterocycles. The molecule has 1 fully saturated rings. The van der Waals surface area contributed by atoms with E-state index >= 15 is 0 Å². The van der Waals surface area contributed by atoms with Gasteiger partial charge in [0.2, 0.25) is 5.91 Å². The molecule has 5 rings (SSSR count). The Labute approximate surface area is 201 Å². The van der Waals surface area contributed by atoms with Crippen LogP contribution in [-0.4, -0.2) is 55.8 Å². The molecular formula is C25H27N5O3S. The fourth-order valence-corrected chi connectivity index (χ4v) is 5.13. The molecule has 9 heteroatoms. The van der Waals surface area contributed by atoms with E-state index in [2.05, 4.69) is 34.4 Å². The molecule has 0 bridgehead atoms. The molecule has 0 unspecified atom stereocenters. The number of carbonyl (C=O) groups is 1. The van der Waals surface area contributed by atoms with Gasteiger partial charge in [-0.2, -0.15) is 0 Å². The minimum absolute atomic E-state index is 0.0202. The molecule has 34 heavy (non-hydrogen) atoms. The summed E-state index contributed by atoms with van der Waals surface area (Å²) in [7, 11) is 0. The largest absolute Gasteiger partial charge is 0.467 e. The third kappa shape index (κ3) is 4.62. The van der Waals surface area contributed by atoms with E-state index in [0.29, 0.717) is 31.1 Å². The van der Waals surface area contributed by atoms with Gasteiger partial charge in [0.25, 0.3) is 5.56 Å². The number of carbonyl (C=O) groups excluding carboxylic acids is 1. The highest BCUT2D eigenvalue weighted by Crippen LogP contribution is 2.19. The molecular weight excluding hydrogens is 450 g/mol. The lowest BCUT2D eigenvalue weighted by atomic mass is 10.2. The monoisotopic (exact) mass is 477 g/mol. The first-order chi connectivity index (χ1) is 16.5. The van der Waals surface area contributed by atoms with E-state index in [4.69, 9.17) is 4.42 Å². The summed E-state index contributed by atoms with van der Waals surface area (Å²) in [6.07, 6.45) is 7.00. The van der Waals surface area contributed by atoms with Gasteiger partial charge in [-0.1, -0.05) is 0 Å². The Morgan fingerprint density at radius 1 is 1.18 bits per heavy atom. The predicted octanol–water partition coefficient (Wildman–Crippen LogP) is 3.17. The van der Waals surface area contributed by atoms with E-state index in [-0.39, 0.29) is 11.5 Å². The van der Waals surface area contributed by atoms with Crippen LogP contribution in [0.2, 0.25) is 0 Å². The maximum absolute atomic E-state index is 12.8. The van der Waals surface area contributed by atoms with Crippen molar-refractivity contribution in [3.8, 4) is 0 Å². The minimum Gasteiger partial charge on any atom is -0.467 e. The molecule has 0 aliphatic carbocycles. The van der Waals surface area contributed by atoms with E-state index in [0.717, 1.165) is 41.5 Å². The van der Waals surface area contributed by atoms with Crippen molar-refractivity contribution in [3.05, 3.63) is 86.9 Å². The number of furan rings is 1. The zero-order chi connectivity index (χ0) is 23.7. The van der Waals surface area contributed by atoms with Crippen LogP contribution in [-0.2, 0) is 17.9 Å². The number of thiazole rings is 1. The SMILES string of the molecule is Cc1cc(/C=C/C(=O)N2CCN(Cc3cc(=O)n4ccsc4n3)CC2)c(C)n1Cc1ccco1. The van der Waals surface area contributed by atoms with Gasteiger partial charge in [0, 0.05) is 67.8 Å². The van der Waals surface area contributed by atoms with Crippen molar-refractivity contribution in [1.82, 2.24) is 23.8 Å². The van der Waals surface area contributed by atoms with Gasteiger partial charge in [-0.15, -0.1) is 11.3 Å². The van der Waals surface area contributed by atoms with E-state index < -0.39 is 0 Å². The summed E-state index contributed by atoms with van der Waals surface area (Å²) in [6, 6.07) is 7.55. The lowest BCUT2D eigenvalue weighted by Gasteiger charge is -2.34. The van der Waals surface area contributed by atoms with Crippen LogP contribution in [0.3, 0.4) is 0 Å². The topological polar surface area (TPSA) is 76.0 Å². The second-order valence-electron chi connectivity index (χ2n) is 8.57. The molecule has 1 amide bonds. The van der Waals surface area contributed by atoms with Crippen LogP contribution in [0.5, 0.6) is 0 Å². The molecule has 8 nitrogen and oxygen atoms in total. The lowest BCUT2D eigenvalue weighted by molar-refractivity contribution is -0.127. The summed E-state index contributed by atoms with van der Waals surface area (Å²) in [4.78, 5) is 34.4. The summed E-state index contributed by atoms with van der Waals surface area (Å²) in [5, 5.41) is 1.86. The fraction of sp³-hybridized carbons (Fsp3) is 0.320. The van der Waals surface area contributed by atoms with Gasteiger partial charge >= 0.3 is 0 Å². The summed E-state index contributed by atoms with van der Waals surface area (Å²) in [5.74, 6) is 0.925. The van der Waals surface area contributed by atoms with Crippen molar-refractivity contribution >= 4 is 28.3 Å². The fourth-order valence-electron chi connectivity index (χ4n) is 4.39. The third-order valence-electron chi connectivity index (χ3n) is 6.34. The normalized spacial score (nSPS) is 15.1. The second kappa shape index (κ2) is 9.44. The number of hydrogen-bond donors (Lipinski definition) is 0. The Balaban J connectivity index is 1.18. The molecule has 1 saturated heterocycles. The molecule has 0 N–H and O–H groups in total. The number of amides is 1. The van der Waals surface area contributed by atoms with Gasteiger partial charge in [0.05, 0.1) is 18.5 Å².